The first-order valence-corrected chi connectivity index (χ1v) is 11.3. The van der Waals surface area contributed by atoms with Gasteiger partial charge in [-0.25, -0.2) is 0 Å². The molecular weight excluding hydrogens is 364 g/mol. The van der Waals surface area contributed by atoms with Crippen molar-refractivity contribution in [2.45, 2.75) is 64.3 Å². The number of nitrogens with one attached hydrogen (secondary N) is 1. The molecule has 5 nitrogen and oxygen atoms in total. The quantitative estimate of drug-likeness (QED) is 0.847. The Bertz CT molecular complexity index is 735. The zero-order chi connectivity index (χ0) is 20.3. The molecule has 3 aliphatic rings. The van der Waals surface area contributed by atoms with Crippen molar-refractivity contribution in [1.82, 2.24) is 10.2 Å². The van der Waals surface area contributed by atoms with Gasteiger partial charge in [0.05, 0.1) is 12.3 Å². The smallest absolute Gasteiger partial charge is 0.227 e. The molecule has 3 fully saturated rings. The Balaban J connectivity index is 1.46. The molecule has 0 aromatic heterocycles. The lowest BCUT2D eigenvalue weighted by atomic mass is 9.71. The van der Waals surface area contributed by atoms with E-state index in [9.17, 15) is 9.59 Å². The van der Waals surface area contributed by atoms with E-state index in [1.165, 1.54) is 24.8 Å². The first-order valence-electron chi connectivity index (χ1n) is 11.3. The minimum Gasteiger partial charge on any atom is -0.381 e. The van der Waals surface area contributed by atoms with Gasteiger partial charge in [-0.1, -0.05) is 49.1 Å². The second kappa shape index (κ2) is 8.86. The first kappa shape index (κ1) is 20.4. The van der Waals surface area contributed by atoms with Gasteiger partial charge in [-0.2, -0.15) is 0 Å². The van der Waals surface area contributed by atoms with Gasteiger partial charge in [-0.3, -0.25) is 9.59 Å². The molecule has 2 aliphatic heterocycles. The molecule has 0 radical (unpaired) electrons. The maximum absolute atomic E-state index is 13.3. The molecule has 5 heteroatoms. The SMILES string of the molecule is Cc1cccc(CC(=O)N2CC(C(=O)NC3CCCCC3)C3(CCOCC3)C2)c1. The zero-order valence-corrected chi connectivity index (χ0v) is 17.6. The molecule has 1 atom stereocenters. The maximum Gasteiger partial charge on any atom is 0.227 e. The number of carbonyl (C=O) groups excluding carboxylic acids is 2. The number of nitrogens with zero attached hydrogens (tertiary/aromatic N) is 1. The largest absolute Gasteiger partial charge is 0.381 e. The average molecular weight is 399 g/mol. The Morgan fingerprint density at radius 3 is 2.66 bits per heavy atom. The zero-order valence-electron chi connectivity index (χ0n) is 17.6. The Hall–Kier alpha value is -1.88. The standard InChI is InChI=1S/C24H34N2O3/c1-18-6-5-7-19(14-18)15-22(27)26-16-21(24(17-26)10-12-29-13-11-24)23(28)25-20-8-3-2-4-9-20/h5-7,14,20-21H,2-4,8-13,15-17H2,1H3,(H,25,28). The van der Waals surface area contributed by atoms with E-state index in [1.807, 2.05) is 30.0 Å². The van der Waals surface area contributed by atoms with Gasteiger partial charge in [0.25, 0.3) is 0 Å². The Morgan fingerprint density at radius 1 is 1.17 bits per heavy atom. The summed E-state index contributed by atoms with van der Waals surface area (Å²) in [7, 11) is 0. The van der Waals surface area contributed by atoms with Gasteiger partial charge in [-0.05, 0) is 38.2 Å². The summed E-state index contributed by atoms with van der Waals surface area (Å²) in [6, 6.07) is 8.45. The monoisotopic (exact) mass is 398 g/mol. The Labute approximate surface area is 174 Å². The highest BCUT2D eigenvalue weighted by Gasteiger charge is 2.51. The van der Waals surface area contributed by atoms with Crippen LogP contribution in [0.5, 0.6) is 0 Å². The third-order valence-electron chi connectivity index (χ3n) is 7.20. The number of aryl methyl sites for hydroxylation is 1. The van der Waals surface area contributed by atoms with Crippen LogP contribution in [0.2, 0.25) is 0 Å². The van der Waals surface area contributed by atoms with E-state index >= 15 is 0 Å². The Kier molecular flexibility index (Phi) is 6.23. The molecule has 29 heavy (non-hydrogen) atoms. The lowest BCUT2D eigenvalue weighted by Gasteiger charge is -2.37. The molecule has 1 spiro atoms. The molecule has 2 heterocycles. The van der Waals surface area contributed by atoms with E-state index in [2.05, 4.69) is 11.4 Å². The van der Waals surface area contributed by atoms with Crippen LogP contribution < -0.4 is 5.32 Å². The Morgan fingerprint density at radius 2 is 1.93 bits per heavy atom. The van der Waals surface area contributed by atoms with Gasteiger partial charge >= 0.3 is 0 Å². The minimum atomic E-state index is -0.126. The number of likely N-dealkylation sites (tertiary alicyclic amines) is 1. The number of carbonyl (C=O) groups is 2. The predicted octanol–water partition coefficient (Wildman–Crippen LogP) is 3.24. The molecule has 1 aromatic carbocycles. The molecule has 1 unspecified atom stereocenters. The van der Waals surface area contributed by atoms with Crippen LogP contribution >= 0.6 is 0 Å². The van der Waals surface area contributed by atoms with E-state index in [0.717, 1.165) is 31.2 Å². The number of hydrogen-bond acceptors (Lipinski definition) is 3. The van der Waals surface area contributed by atoms with Gasteiger partial charge in [0.2, 0.25) is 11.8 Å². The average Bonchev–Trinajstić information content (AvgIpc) is 3.08. The topological polar surface area (TPSA) is 58.6 Å². The number of hydrogen-bond donors (Lipinski definition) is 1. The molecular formula is C24H34N2O3. The van der Waals surface area contributed by atoms with Crippen molar-refractivity contribution in [3.8, 4) is 0 Å². The molecule has 1 saturated carbocycles. The molecule has 1 aliphatic carbocycles. The number of amides is 2. The van der Waals surface area contributed by atoms with Crippen LogP contribution in [0.25, 0.3) is 0 Å². The van der Waals surface area contributed by atoms with Gasteiger partial charge in [0.1, 0.15) is 0 Å². The van der Waals surface area contributed by atoms with Crippen molar-refractivity contribution >= 4 is 11.8 Å². The van der Waals surface area contributed by atoms with E-state index in [-0.39, 0.29) is 23.1 Å². The van der Waals surface area contributed by atoms with Crippen molar-refractivity contribution in [3.63, 3.8) is 0 Å². The van der Waals surface area contributed by atoms with E-state index < -0.39 is 0 Å². The maximum atomic E-state index is 13.3. The van der Waals surface area contributed by atoms with Gasteiger partial charge in [-0.15, -0.1) is 0 Å². The second-order valence-corrected chi connectivity index (χ2v) is 9.31. The minimum absolute atomic E-state index is 0.116. The molecule has 2 saturated heterocycles. The van der Waals surface area contributed by atoms with Gasteiger partial charge in [0, 0.05) is 37.8 Å². The molecule has 2 amide bonds. The van der Waals surface area contributed by atoms with Crippen molar-refractivity contribution in [3.05, 3.63) is 35.4 Å². The summed E-state index contributed by atoms with van der Waals surface area (Å²) in [6.45, 7) is 4.65. The fourth-order valence-corrected chi connectivity index (χ4v) is 5.46. The number of benzene rings is 1. The van der Waals surface area contributed by atoms with Crippen LogP contribution in [0.3, 0.4) is 0 Å². The summed E-state index contributed by atoms with van der Waals surface area (Å²) in [5.41, 5.74) is 2.09. The van der Waals surface area contributed by atoms with Gasteiger partial charge < -0.3 is 15.0 Å². The molecule has 1 N–H and O–H groups in total. The summed E-state index contributed by atoms with van der Waals surface area (Å²) in [4.78, 5) is 28.3. The van der Waals surface area contributed by atoms with Crippen LogP contribution in [0.1, 0.15) is 56.1 Å². The highest BCUT2D eigenvalue weighted by molar-refractivity contribution is 5.84. The third kappa shape index (κ3) is 4.66. The third-order valence-corrected chi connectivity index (χ3v) is 7.20. The highest BCUT2D eigenvalue weighted by atomic mass is 16.5. The summed E-state index contributed by atoms with van der Waals surface area (Å²) >= 11 is 0. The highest BCUT2D eigenvalue weighted by Crippen LogP contribution is 2.44. The summed E-state index contributed by atoms with van der Waals surface area (Å²) in [5.74, 6) is 0.175. The second-order valence-electron chi connectivity index (χ2n) is 9.31. The van der Waals surface area contributed by atoms with Crippen LogP contribution in [-0.4, -0.2) is 49.1 Å². The summed E-state index contributed by atoms with van der Waals surface area (Å²) in [5, 5.41) is 3.33. The predicted molar refractivity (Wildman–Crippen MR) is 112 cm³/mol. The van der Waals surface area contributed by atoms with Crippen LogP contribution in [0.4, 0.5) is 0 Å². The van der Waals surface area contributed by atoms with Crippen molar-refractivity contribution in [2.75, 3.05) is 26.3 Å². The normalized spacial score (nSPS) is 24.6. The lowest BCUT2D eigenvalue weighted by Crippen LogP contribution is -2.47. The van der Waals surface area contributed by atoms with Crippen molar-refractivity contribution in [2.24, 2.45) is 11.3 Å². The summed E-state index contributed by atoms with van der Waals surface area (Å²) < 4.78 is 5.60. The fraction of sp³-hybridized carbons (Fsp3) is 0.667. The molecule has 4 rings (SSSR count). The number of rotatable bonds is 4. The van der Waals surface area contributed by atoms with Crippen LogP contribution in [0.15, 0.2) is 24.3 Å². The summed E-state index contributed by atoms with van der Waals surface area (Å²) in [6.07, 6.45) is 8.00. The fourth-order valence-electron chi connectivity index (χ4n) is 5.46. The van der Waals surface area contributed by atoms with Crippen molar-refractivity contribution < 1.29 is 14.3 Å². The molecule has 0 bridgehead atoms. The van der Waals surface area contributed by atoms with Crippen LogP contribution in [-0.2, 0) is 20.7 Å². The lowest BCUT2D eigenvalue weighted by molar-refractivity contribution is -0.130. The first-order chi connectivity index (χ1) is 14.1. The van der Waals surface area contributed by atoms with E-state index in [1.54, 1.807) is 0 Å². The number of ether oxygens (including phenoxy) is 1. The van der Waals surface area contributed by atoms with E-state index in [0.29, 0.717) is 38.8 Å². The van der Waals surface area contributed by atoms with Gasteiger partial charge in [0.15, 0.2) is 0 Å². The van der Waals surface area contributed by atoms with E-state index in [4.69, 9.17) is 4.74 Å². The van der Waals surface area contributed by atoms with Crippen LogP contribution in [0, 0.1) is 18.3 Å². The molecule has 1 aromatic rings. The molecule has 158 valence electrons. The van der Waals surface area contributed by atoms with Crippen molar-refractivity contribution in [1.29, 1.82) is 0 Å².